The van der Waals surface area contributed by atoms with Gasteiger partial charge in [-0.2, -0.15) is 0 Å². The third-order valence-corrected chi connectivity index (χ3v) is 3.77. The molecule has 0 bridgehead atoms. The number of carbonyl (C=O) groups is 1. The summed E-state index contributed by atoms with van der Waals surface area (Å²) in [6.45, 7) is 1.70. The van der Waals surface area contributed by atoms with Crippen LogP contribution in [0.3, 0.4) is 0 Å². The van der Waals surface area contributed by atoms with Crippen molar-refractivity contribution in [2.75, 3.05) is 5.32 Å². The van der Waals surface area contributed by atoms with E-state index in [2.05, 4.69) is 15.4 Å². The Morgan fingerprint density at radius 3 is 2.54 bits per heavy atom. The molecule has 0 atom stereocenters. The standard InChI is InChI=1S/C16H11Cl2FN4O/c1-9-20-15(22-23(9)12-5-3-11(19)4-6-12)16(24)21-14-7-2-10(17)8-13(14)18/h2-8H,1H3,(H,21,24). The number of nitrogens with one attached hydrogen (secondary N) is 1. The summed E-state index contributed by atoms with van der Waals surface area (Å²) in [6.07, 6.45) is 0. The van der Waals surface area contributed by atoms with Crippen LogP contribution in [0.1, 0.15) is 16.4 Å². The number of rotatable bonds is 3. The Hall–Kier alpha value is -2.44. The summed E-state index contributed by atoms with van der Waals surface area (Å²) >= 11 is 11.8. The molecule has 0 aliphatic rings. The van der Waals surface area contributed by atoms with Crippen molar-refractivity contribution >= 4 is 34.8 Å². The first kappa shape index (κ1) is 16.4. The van der Waals surface area contributed by atoms with Gasteiger partial charge >= 0.3 is 0 Å². The molecule has 0 aliphatic carbocycles. The molecule has 0 unspecified atom stereocenters. The normalized spacial score (nSPS) is 10.7. The Morgan fingerprint density at radius 1 is 1.17 bits per heavy atom. The highest BCUT2D eigenvalue weighted by Crippen LogP contribution is 2.25. The lowest BCUT2D eigenvalue weighted by Crippen LogP contribution is -2.14. The number of aryl methyl sites for hydroxylation is 1. The summed E-state index contributed by atoms with van der Waals surface area (Å²) in [6, 6.07) is 10.4. The van der Waals surface area contributed by atoms with Gasteiger partial charge in [0.05, 0.1) is 16.4 Å². The van der Waals surface area contributed by atoms with Crippen LogP contribution in [0, 0.1) is 12.7 Å². The molecule has 0 radical (unpaired) electrons. The molecule has 5 nitrogen and oxygen atoms in total. The van der Waals surface area contributed by atoms with Crippen molar-refractivity contribution < 1.29 is 9.18 Å². The molecule has 2 aromatic carbocycles. The molecular weight excluding hydrogens is 354 g/mol. The van der Waals surface area contributed by atoms with E-state index in [0.717, 1.165) is 0 Å². The second kappa shape index (κ2) is 6.59. The smallest absolute Gasteiger partial charge is 0.295 e. The lowest BCUT2D eigenvalue weighted by molar-refractivity contribution is 0.101. The van der Waals surface area contributed by atoms with E-state index in [1.54, 1.807) is 31.2 Å². The first-order chi connectivity index (χ1) is 11.4. The van der Waals surface area contributed by atoms with Gasteiger partial charge in [0.2, 0.25) is 5.82 Å². The topological polar surface area (TPSA) is 59.8 Å². The fraction of sp³-hybridized carbons (Fsp3) is 0.0625. The van der Waals surface area contributed by atoms with Crippen molar-refractivity contribution in [2.24, 2.45) is 0 Å². The van der Waals surface area contributed by atoms with Crippen molar-refractivity contribution in [3.8, 4) is 5.69 Å². The molecule has 0 aliphatic heterocycles. The van der Waals surface area contributed by atoms with Gasteiger partial charge < -0.3 is 5.32 Å². The molecule has 0 saturated heterocycles. The van der Waals surface area contributed by atoms with E-state index in [1.165, 1.54) is 22.9 Å². The lowest BCUT2D eigenvalue weighted by atomic mass is 10.3. The molecule has 3 aromatic rings. The molecule has 1 aromatic heterocycles. The van der Waals surface area contributed by atoms with Crippen LogP contribution >= 0.6 is 23.2 Å². The van der Waals surface area contributed by atoms with Crippen molar-refractivity contribution in [1.29, 1.82) is 0 Å². The van der Waals surface area contributed by atoms with Crippen LogP contribution in [0.25, 0.3) is 5.69 Å². The largest absolute Gasteiger partial charge is 0.318 e. The Balaban J connectivity index is 1.86. The van der Waals surface area contributed by atoms with Gasteiger partial charge in [0, 0.05) is 5.02 Å². The maximum absolute atomic E-state index is 13.0. The van der Waals surface area contributed by atoms with Gasteiger partial charge in [0.25, 0.3) is 5.91 Å². The van der Waals surface area contributed by atoms with Crippen LogP contribution < -0.4 is 5.32 Å². The van der Waals surface area contributed by atoms with Crippen LogP contribution in [-0.2, 0) is 0 Å². The molecule has 8 heteroatoms. The van der Waals surface area contributed by atoms with E-state index in [9.17, 15) is 9.18 Å². The maximum atomic E-state index is 13.0. The molecule has 1 N–H and O–H groups in total. The van der Waals surface area contributed by atoms with Gasteiger partial charge in [0.1, 0.15) is 11.6 Å². The number of amides is 1. The Kier molecular flexibility index (Phi) is 4.51. The fourth-order valence-corrected chi connectivity index (χ4v) is 2.54. The van der Waals surface area contributed by atoms with E-state index in [0.29, 0.717) is 27.2 Å². The molecular formula is C16H11Cl2FN4O. The minimum absolute atomic E-state index is 0.0251. The Labute approximate surface area is 147 Å². The quantitative estimate of drug-likeness (QED) is 0.754. The number of nitrogens with zero attached hydrogens (tertiary/aromatic N) is 3. The monoisotopic (exact) mass is 364 g/mol. The fourth-order valence-electron chi connectivity index (χ4n) is 2.08. The predicted octanol–water partition coefficient (Wildman–Crippen LogP) is 4.27. The SMILES string of the molecule is Cc1nc(C(=O)Nc2ccc(Cl)cc2Cl)nn1-c1ccc(F)cc1. The molecule has 1 heterocycles. The summed E-state index contributed by atoms with van der Waals surface area (Å²) in [4.78, 5) is 16.4. The zero-order chi connectivity index (χ0) is 17.3. The number of aromatic nitrogens is 3. The number of hydrogen-bond acceptors (Lipinski definition) is 3. The molecule has 122 valence electrons. The second-order valence-corrected chi connectivity index (χ2v) is 5.79. The average Bonchev–Trinajstić information content (AvgIpc) is 2.93. The first-order valence-corrected chi connectivity index (χ1v) is 7.65. The number of anilines is 1. The Morgan fingerprint density at radius 2 is 1.88 bits per heavy atom. The molecule has 24 heavy (non-hydrogen) atoms. The van der Waals surface area contributed by atoms with E-state index < -0.39 is 5.91 Å². The van der Waals surface area contributed by atoms with E-state index in [4.69, 9.17) is 23.2 Å². The van der Waals surface area contributed by atoms with E-state index >= 15 is 0 Å². The van der Waals surface area contributed by atoms with Gasteiger partial charge in [0.15, 0.2) is 0 Å². The van der Waals surface area contributed by atoms with E-state index in [1.807, 2.05) is 0 Å². The highest BCUT2D eigenvalue weighted by molar-refractivity contribution is 6.36. The highest BCUT2D eigenvalue weighted by atomic mass is 35.5. The minimum Gasteiger partial charge on any atom is -0.318 e. The van der Waals surface area contributed by atoms with Crippen LogP contribution in [0.2, 0.25) is 10.0 Å². The van der Waals surface area contributed by atoms with Gasteiger partial charge in [-0.3, -0.25) is 4.79 Å². The molecule has 1 amide bonds. The third-order valence-electron chi connectivity index (χ3n) is 3.22. The third kappa shape index (κ3) is 3.39. The minimum atomic E-state index is -0.511. The van der Waals surface area contributed by atoms with Crippen molar-refractivity contribution in [3.63, 3.8) is 0 Å². The predicted molar refractivity (Wildman–Crippen MR) is 90.5 cm³/mol. The summed E-state index contributed by atoms with van der Waals surface area (Å²) in [5, 5.41) is 7.56. The maximum Gasteiger partial charge on any atom is 0.295 e. The van der Waals surface area contributed by atoms with Crippen molar-refractivity contribution in [3.05, 3.63) is 70.0 Å². The molecule has 0 saturated carbocycles. The summed E-state index contributed by atoms with van der Waals surface area (Å²) in [5.74, 6) is -0.396. The van der Waals surface area contributed by atoms with Crippen LogP contribution in [0.5, 0.6) is 0 Å². The van der Waals surface area contributed by atoms with Crippen LogP contribution in [-0.4, -0.2) is 20.7 Å². The van der Waals surface area contributed by atoms with Crippen LogP contribution in [0.4, 0.5) is 10.1 Å². The van der Waals surface area contributed by atoms with Crippen LogP contribution in [0.15, 0.2) is 42.5 Å². The van der Waals surface area contributed by atoms with Gasteiger partial charge in [-0.15, -0.1) is 5.10 Å². The first-order valence-electron chi connectivity index (χ1n) is 6.90. The zero-order valence-electron chi connectivity index (χ0n) is 12.4. The highest BCUT2D eigenvalue weighted by Gasteiger charge is 2.16. The average molecular weight is 365 g/mol. The van der Waals surface area contributed by atoms with Crippen molar-refractivity contribution in [1.82, 2.24) is 14.8 Å². The molecule has 0 spiro atoms. The number of benzene rings is 2. The number of hydrogen-bond donors (Lipinski definition) is 1. The lowest BCUT2D eigenvalue weighted by Gasteiger charge is -2.05. The van der Waals surface area contributed by atoms with Gasteiger partial charge in [-0.05, 0) is 49.4 Å². The van der Waals surface area contributed by atoms with E-state index in [-0.39, 0.29) is 11.6 Å². The van der Waals surface area contributed by atoms with Gasteiger partial charge in [-0.25, -0.2) is 14.1 Å². The summed E-state index contributed by atoms with van der Waals surface area (Å²) in [5.41, 5.74) is 1.01. The zero-order valence-corrected chi connectivity index (χ0v) is 13.9. The number of carbonyl (C=O) groups excluding carboxylic acids is 1. The van der Waals surface area contributed by atoms with Gasteiger partial charge in [-0.1, -0.05) is 23.2 Å². The summed E-state index contributed by atoms with van der Waals surface area (Å²) < 4.78 is 14.5. The molecule has 3 rings (SSSR count). The second-order valence-electron chi connectivity index (χ2n) is 4.95. The summed E-state index contributed by atoms with van der Waals surface area (Å²) in [7, 11) is 0. The van der Waals surface area contributed by atoms with Crippen molar-refractivity contribution in [2.45, 2.75) is 6.92 Å². The number of halogens is 3. The Bertz CT molecular complexity index is 909. The molecule has 0 fully saturated rings.